The molecule has 1 aliphatic rings. The molecule has 6 nitrogen and oxygen atoms in total. The van der Waals surface area contributed by atoms with Crippen LogP contribution in [0.2, 0.25) is 0 Å². The number of benzene rings is 1. The van der Waals surface area contributed by atoms with Gasteiger partial charge in [0.25, 0.3) is 11.8 Å². The molecule has 1 unspecified atom stereocenters. The van der Waals surface area contributed by atoms with Gasteiger partial charge in [0.05, 0.1) is 23.5 Å². The van der Waals surface area contributed by atoms with Gasteiger partial charge in [0.1, 0.15) is 11.5 Å². The number of halogens is 1. The van der Waals surface area contributed by atoms with Crippen LogP contribution in [0, 0.1) is 0 Å². The number of fused-ring (bicyclic) bond motifs is 1. The fourth-order valence-corrected chi connectivity index (χ4v) is 4.95. The monoisotopic (exact) mass is 467 g/mol. The number of anilines is 1. The second-order valence-electron chi connectivity index (χ2n) is 6.27. The second kappa shape index (κ2) is 8.47. The van der Waals surface area contributed by atoms with Crippen molar-refractivity contribution in [2.24, 2.45) is 5.73 Å². The number of carbonyl (C=O) groups is 2. The molecule has 2 heterocycles. The van der Waals surface area contributed by atoms with Crippen molar-refractivity contribution in [1.29, 1.82) is 0 Å². The second-order valence-corrected chi connectivity index (χ2v) is 8.70. The average Bonchev–Trinajstić information content (AvgIpc) is 2.98. The SMILES string of the molecule is CC[NH+]1CCc2c(sc(NC(=S)NC(=O)c3ccc(Br)cc3)c2C(N)=O)C1. The standard InChI is InChI=1S/C18H19BrN4O2S2/c1-2-23-8-7-12-13(9-23)27-17(14(12)15(20)24)22-18(26)21-16(25)10-3-5-11(19)6-4-10/h3-6H,2,7-9H2,1H3,(H2,20,24)(H2,21,22,25,26)/p+1. The summed E-state index contributed by atoms with van der Waals surface area (Å²) in [7, 11) is 0. The lowest BCUT2D eigenvalue weighted by Gasteiger charge is -2.22. The van der Waals surface area contributed by atoms with Gasteiger partial charge in [0.15, 0.2) is 5.11 Å². The van der Waals surface area contributed by atoms with Crippen LogP contribution in [-0.4, -0.2) is 30.0 Å². The first-order valence-electron chi connectivity index (χ1n) is 8.54. The highest BCUT2D eigenvalue weighted by atomic mass is 79.9. The maximum atomic E-state index is 12.3. The Balaban J connectivity index is 1.75. The van der Waals surface area contributed by atoms with Crippen LogP contribution >= 0.6 is 39.5 Å². The molecule has 1 atom stereocenters. The summed E-state index contributed by atoms with van der Waals surface area (Å²) in [5, 5.41) is 6.38. The Kier molecular flexibility index (Phi) is 6.25. The van der Waals surface area contributed by atoms with Gasteiger partial charge < -0.3 is 16.0 Å². The van der Waals surface area contributed by atoms with Gasteiger partial charge in [0, 0.05) is 16.5 Å². The van der Waals surface area contributed by atoms with Gasteiger partial charge in [-0.2, -0.15) is 0 Å². The van der Waals surface area contributed by atoms with Crippen LogP contribution in [0.1, 0.15) is 38.1 Å². The topological polar surface area (TPSA) is 88.7 Å². The van der Waals surface area contributed by atoms with Gasteiger partial charge in [-0.05, 0) is 49.0 Å². The number of quaternary nitrogens is 1. The van der Waals surface area contributed by atoms with Gasteiger partial charge in [-0.1, -0.05) is 15.9 Å². The van der Waals surface area contributed by atoms with Crippen LogP contribution in [0.5, 0.6) is 0 Å². The first kappa shape index (κ1) is 19.9. The third-order valence-corrected chi connectivity index (χ3v) is 6.42. The molecule has 0 saturated heterocycles. The zero-order valence-electron chi connectivity index (χ0n) is 14.7. The molecule has 0 saturated carbocycles. The van der Waals surface area contributed by atoms with Crippen LogP contribution in [0.15, 0.2) is 28.7 Å². The fourth-order valence-electron chi connectivity index (χ4n) is 3.10. The van der Waals surface area contributed by atoms with Crippen LogP contribution in [0.4, 0.5) is 5.00 Å². The summed E-state index contributed by atoms with van der Waals surface area (Å²) in [6.45, 7) is 5.03. The number of hydrogen-bond acceptors (Lipinski definition) is 4. The van der Waals surface area contributed by atoms with E-state index in [1.165, 1.54) is 16.2 Å². The molecule has 1 aromatic carbocycles. The Morgan fingerprint density at radius 1 is 1.33 bits per heavy atom. The van der Waals surface area contributed by atoms with Crippen molar-refractivity contribution >= 4 is 61.4 Å². The van der Waals surface area contributed by atoms with E-state index in [1.54, 1.807) is 24.3 Å². The van der Waals surface area contributed by atoms with Crippen molar-refractivity contribution in [2.75, 3.05) is 18.4 Å². The predicted molar refractivity (Wildman–Crippen MR) is 114 cm³/mol. The summed E-state index contributed by atoms with van der Waals surface area (Å²) in [5.41, 5.74) is 7.61. The number of primary amides is 1. The lowest BCUT2D eigenvalue weighted by molar-refractivity contribution is -0.913. The molecule has 0 aliphatic carbocycles. The zero-order chi connectivity index (χ0) is 19.6. The summed E-state index contributed by atoms with van der Waals surface area (Å²) >= 11 is 10.1. The minimum absolute atomic E-state index is 0.142. The number of carbonyl (C=O) groups excluding carboxylic acids is 2. The number of nitrogens with one attached hydrogen (secondary N) is 3. The molecule has 2 amide bonds. The summed E-state index contributed by atoms with van der Waals surface area (Å²) in [5.74, 6) is -0.791. The molecule has 0 spiro atoms. The molecule has 142 valence electrons. The van der Waals surface area contributed by atoms with E-state index in [-0.39, 0.29) is 11.0 Å². The lowest BCUT2D eigenvalue weighted by Crippen LogP contribution is -3.11. The highest BCUT2D eigenvalue weighted by molar-refractivity contribution is 9.10. The van der Waals surface area contributed by atoms with E-state index in [0.717, 1.165) is 41.0 Å². The van der Waals surface area contributed by atoms with Crippen LogP contribution in [0.3, 0.4) is 0 Å². The van der Waals surface area contributed by atoms with Gasteiger partial charge >= 0.3 is 0 Å². The quantitative estimate of drug-likeness (QED) is 0.515. The van der Waals surface area contributed by atoms with Crippen molar-refractivity contribution < 1.29 is 14.5 Å². The number of thiocarbonyl (C=S) groups is 1. The maximum Gasteiger partial charge on any atom is 0.257 e. The Hall–Kier alpha value is -1.81. The smallest absolute Gasteiger partial charge is 0.257 e. The molecular formula is C18H20BrN4O2S2+. The number of likely N-dealkylation sites (N-methyl/N-ethyl adjacent to an activating group) is 1. The van der Waals surface area contributed by atoms with E-state index < -0.39 is 5.91 Å². The van der Waals surface area contributed by atoms with Gasteiger partial charge in [0.2, 0.25) is 0 Å². The molecule has 1 aliphatic heterocycles. The maximum absolute atomic E-state index is 12.3. The number of nitrogens with two attached hydrogens (primary N) is 1. The van der Waals surface area contributed by atoms with Crippen molar-refractivity contribution in [1.82, 2.24) is 5.32 Å². The Morgan fingerprint density at radius 3 is 2.67 bits per heavy atom. The number of amides is 2. The minimum Gasteiger partial charge on any atom is -0.365 e. The molecule has 2 aromatic rings. The largest absolute Gasteiger partial charge is 0.365 e. The molecule has 9 heteroatoms. The van der Waals surface area contributed by atoms with E-state index in [0.29, 0.717) is 16.1 Å². The van der Waals surface area contributed by atoms with Gasteiger partial charge in [-0.3, -0.25) is 14.9 Å². The summed E-state index contributed by atoms with van der Waals surface area (Å²) in [6.07, 6.45) is 0.812. The molecule has 5 N–H and O–H groups in total. The molecular weight excluding hydrogens is 448 g/mol. The van der Waals surface area contributed by atoms with Crippen LogP contribution in [0.25, 0.3) is 0 Å². The Labute approximate surface area is 175 Å². The predicted octanol–water partition coefficient (Wildman–Crippen LogP) is 1.70. The molecule has 0 fully saturated rings. The summed E-state index contributed by atoms with van der Waals surface area (Å²) in [6, 6.07) is 6.96. The minimum atomic E-state index is -0.475. The first-order chi connectivity index (χ1) is 12.9. The van der Waals surface area contributed by atoms with Gasteiger partial charge in [-0.25, -0.2) is 0 Å². The number of thiophene rings is 1. The fraction of sp³-hybridized carbons (Fsp3) is 0.278. The third-order valence-electron chi connectivity index (χ3n) is 4.54. The van der Waals surface area contributed by atoms with E-state index in [9.17, 15) is 9.59 Å². The van der Waals surface area contributed by atoms with Crippen molar-refractivity contribution in [2.45, 2.75) is 19.9 Å². The van der Waals surface area contributed by atoms with Crippen molar-refractivity contribution in [3.8, 4) is 0 Å². The summed E-state index contributed by atoms with van der Waals surface area (Å²) in [4.78, 5) is 26.9. The normalized spacial score (nSPS) is 15.7. The van der Waals surface area contributed by atoms with E-state index in [4.69, 9.17) is 18.0 Å². The van der Waals surface area contributed by atoms with Gasteiger partial charge in [-0.15, -0.1) is 11.3 Å². The lowest BCUT2D eigenvalue weighted by atomic mass is 10.0. The molecule has 3 rings (SSSR count). The molecule has 0 bridgehead atoms. The number of hydrogen-bond donors (Lipinski definition) is 4. The number of rotatable bonds is 4. The first-order valence-corrected chi connectivity index (χ1v) is 10.6. The molecule has 0 radical (unpaired) electrons. The van der Waals surface area contributed by atoms with Crippen LogP contribution in [-0.2, 0) is 13.0 Å². The van der Waals surface area contributed by atoms with E-state index >= 15 is 0 Å². The third kappa shape index (κ3) is 4.55. The van der Waals surface area contributed by atoms with Crippen LogP contribution < -0.4 is 21.3 Å². The summed E-state index contributed by atoms with van der Waals surface area (Å²) < 4.78 is 0.887. The highest BCUT2D eigenvalue weighted by Crippen LogP contribution is 2.34. The van der Waals surface area contributed by atoms with Crippen molar-refractivity contribution in [3.05, 3.63) is 50.3 Å². The highest BCUT2D eigenvalue weighted by Gasteiger charge is 2.28. The molecule has 1 aromatic heterocycles. The Bertz CT molecular complexity index is 896. The van der Waals surface area contributed by atoms with E-state index in [2.05, 4.69) is 33.5 Å². The van der Waals surface area contributed by atoms with E-state index in [1.807, 2.05) is 0 Å². The van der Waals surface area contributed by atoms with Crippen molar-refractivity contribution in [3.63, 3.8) is 0 Å². The average molecular weight is 468 g/mol. The zero-order valence-corrected chi connectivity index (χ0v) is 17.9. The Morgan fingerprint density at radius 2 is 2.04 bits per heavy atom. The molecule has 27 heavy (non-hydrogen) atoms.